The molecule has 3 heteroatoms. The average molecular weight is 265 g/mol. The van der Waals surface area contributed by atoms with Crippen LogP contribution in [0.5, 0.6) is 11.5 Å². The highest BCUT2D eigenvalue weighted by Gasteiger charge is 2.10. The topological polar surface area (TPSA) is 30.5 Å². The summed E-state index contributed by atoms with van der Waals surface area (Å²) in [4.78, 5) is 0. The van der Waals surface area contributed by atoms with E-state index in [0.29, 0.717) is 12.5 Å². The normalized spacial score (nSPS) is 11.7. The number of benzene rings is 1. The van der Waals surface area contributed by atoms with E-state index in [4.69, 9.17) is 9.47 Å². The van der Waals surface area contributed by atoms with Crippen molar-refractivity contribution in [1.29, 1.82) is 0 Å². The summed E-state index contributed by atoms with van der Waals surface area (Å²) in [6, 6.07) is 6.10. The van der Waals surface area contributed by atoms with E-state index in [1.54, 1.807) is 7.11 Å². The van der Waals surface area contributed by atoms with Crippen molar-refractivity contribution in [3.8, 4) is 11.5 Å². The lowest BCUT2D eigenvalue weighted by molar-refractivity contribution is 0.256. The first-order chi connectivity index (χ1) is 8.81. The van der Waals surface area contributed by atoms with Crippen molar-refractivity contribution in [2.45, 2.75) is 46.7 Å². The molecule has 0 fully saturated rings. The lowest BCUT2D eigenvalue weighted by Gasteiger charge is -2.21. The van der Waals surface area contributed by atoms with Crippen LogP contribution in [0.4, 0.5) is 0 Å². The van der Waals surface area contributed by atoms with Crippen molar-refractivity contribution in [1.82, 2.24) is 5.32 Å². The largest absolute Gasteiger partial charge is 0.493 e. The van der Waals surface area contributed by atoms with Gasteiger partial charge in [-0.2, -0.15) is 0 Å². The molecule has 0 spiro atoms. The molecular formula is C16H27NO2. The maximum Gasteiger partial charge on any atom is 0.161 e. The Kier molecular flexibility index (Phi) is 5.67. The summed E-state index contributed by atoms with van der Waals surface area (Å²) in [7, 11) is 1.68. The molecule has 0 atom stereocenters. The second kappa shape index (κ2) is 6.80. The quantitative estimate of drug-likeness (QED) is 0.852. The molecule has 0 aliphatic heterocycles. The molecule has 0 bridgehead atoms. The third-order valence-electron chi connectivity index (χ3n) is 2.62. The van der Waals surface area contributed by atoms with Gasteiger partial charge in [-0.25, -0.2) is 0 Å². The van der Waals surface area contributed by atoms with Crippen molar-refractivity contribution >= 4 is 0 Å². The summed E-state index contributed by atoms with van der Waals surface area (Å²) in [5.74, 6) is 2.12. The maximum absolute atomic E-state index is 5.74. The van der Waals surface area contributed by atoms with Gasteiger partial charge < -0.3 is 14.8 Å². The van der Waals surface area contributed by atoms with Crippen LogP contribution in [-0.4, -0.2) is 19.3 Å². The zero-order valence-corrected chi connectivity index (χ0v) is 13.0. The first kappa shape index (κ1) is 15.8. The summed E-state index contributed by atoms with van der Waals surface area (Å²) in [6.45, 7) is 12.3. The Labute approximate surface area is 117 Å². The van der Waals surface area contributed by atoms with Crippen molar-refractivity contribution in [3.63, 3.8) is 0 Å². The van der Waals surface area contributed by atoms with Gasteiger partial charge in [0.25, 0.3) is 0 Å². The summed E-state index contributed by atoms with van der Waals surface area (Å²) in [5.41, 5.74) is 1.31. The Morgan fingerprint density at radius 1 is 1.16 bits per heavy atom. The molecular weight excluding hydrogens is 238 g/mol. The molecule has 0 amide bonds. The van der Waals surface area contributed by atoms with E-state index < -0.39 is 0 Å². The Balaban J connectivity index is 2.72. The van der Waals surface area contributed by atoms with Gasteiger partial charge in [-0.05, 0) is 44.4 Å². The Bertz CT molecular complexity index is 394. The zero-order valence-electron chi connectivity index (χ0n) is 13.0. The minimum absolute atomic E-state index is 0.111. The molecule has 1 aromatic carbocycles. The molecule has 0 unspecified atom stereocenters. The summed E-state index contributed by atoms with van der Waals surface area (Å²) < 4.78 is 11.1. The SMILES string of the molecule is COc1cc(CNC(C)(C)C)ccc1OCC(C)C. The molecule has 0 aliphatic rings. The number of hydrogen-bond acceptors (Lipinski definition) is 3. The minimum Gasteiger partial charge on any atom is -0.493 e. The fraction of sp³-hybridized carbons (Fsp3) is 0.625. The van der Waals surface area contributed by atoms with Crippen LogP contribution in [0.1, 0.15) is 40.2 Å². The van der Waals surface area contributed by atoms with E-state index >= 15 is 0 Å². The summed E-state index contributed by atoms with van der Waals surface area (Å²) in [5, 5.41) is 3.46. The van der Waals surface area contributed by atoms with E-state index in [-0.39, 0.29) is 5.54 Å². The lowest BCUT2D eigenvalue weighted by atomic mass is 10.1. The molecule has 1 N–H and O–H groups in total. The fourth-order valence-corrected chi connectivity index (χ4v) is 1.56. The molecule has 0 radical (unpaired) electrons. The molecule has 0 heterocycles. The molecule has 108 valence electrons. The second-order valence-electron chi connectivity index (χ2n) is 6.29. The van der Waals surface area contributed by atoms with Crippen molar-refractivity contribution in [2.24, 2.45) is 5.92 Å². The molecule has 3 nitrogen and oxygen atoms in total. The molecule has 1 rings (SSSR count). The van der Waals surface area contributed by atoms with Gasteiger partial charge >= 0.3 is 0 Å². The fourth-order valence-electron chi connectivity index (χ4n) is 1.56. The molecule has 0 aromatic heterocycles. The van der Waals surface area contributed by atoms with Crippen molar-refractivity contribution < 1.29 is 9.47 Å². The number of rotatable bonds is 6. The van der Waals surface area contributed by atoms with Gasteiger partial charge in [0, 0.05) is 12.1 Å². The van der Waals surface area contributed by atoms with Crippen LogP contribution in [-0.2, 0) is 6.54 Å². The van der Waals surface area contributed by atoms with Gasteiger partial charge in [0.1, 0.15) is 0 Å². The van der Waals surface area contributed by atoms with Crippen LogP contribution in [0.15, 0.2) is 18.2 Å². The van der Waals surface area contributed by atoms with Crippen molar-refractivity contribution in [2.75, 3.05) is 13.7 Å². The standard InChI is InChI=1S/C16H27NO2/c1-12(2)11-19-14-8-7-13(9-15(14)18-6)10-17-16(3,4)5/h7-9,12,17H,10-11H2,1-6H3. The van der Waals surface area contributed by atoms with Crippen molar-refractivity contribution in [3.05, 3.63) is 23.8 Å². The highest BCUT2D eigenvalue weighted by molar-refractivity contribution is 5.43. The molecule has 0 aliphatic carbocycles. The third-order valence-corrected chi connectivity index (χ3v) is 2.62. The highest BCUT2D eigenvalue weighted by Crippen LogP contribution is 2.28. The Morgan fingerprint density at radius 2 is 1.84 bits per heavy atom. The number of methoxy groups -OCH3 is 1. The van der Waals surface area contributed by atoms with Gasteiger partial charge in [0.05, 0.1) is 13.7 Å². The Hall–Kier alpha value is -1.22. The van der Waals surface area contributed by atoms with Crippen LogP contribution >= 0.6 is 0 Å². The van der Waals surface area contributed by atoms with Crippen LogP contribution in [0.2, 0.25) is 0 Å². The van der Waals surface area contributed by atoms with Gasteiger partial charge in [0.15, 0.2) is 11.5 Å². The van der Waals surface area contributed by atoms with Gasteiger partial charge in [-0.15, -0.1) is 0 Å². The first-order valence-corrected chi connectivity index (χ1v) is 6.86. The van der Waals surface area contributed by atoms with Gasteiger partial charge in [-0.1, -0.05) is 19.9 Å². The van der Waals surface area contributed by atoms with Crippen LogP contribution in [0, 0.1) is 5.92 Å². The van der Waals surface area contributed by atoms with Crippen LogP contribution in [0.25, 0.3) is 0 Å². The average Bonchev–Trinajstić information content (AvgIpc) is 2.33. The predicted octanol–water partition coefficient (Wildman–Crippen LogP) is 3.62. The first-order valence-electron chi connectivity index (χ1n) is 6.86. The molecule has 19 heavy (non-hydrogen) atoms. The maximum atomic E-state index is 5.74. The summed E-state index contributed by atoms with van der Waals surface area (Å²) in [6.07, 6.45) is 0. The van der Waals surface area contributed by atoms with Crippen LogP contribution < -0.4 is 14.8 Å². The third kappa shape index (κ3) is 5.97. The smallest absolute Gasteiger partial charge is 0.161 e. The second-order valence-corrected chi connectivity index (χ2v) is 6.29. The van der Waals surface area contributed by atoms with E-state index in [0.717, 1.165) is 18.0 Å². The number of ether oxygens (including phenoxy) is 2. The number of hydrogen-bond donors (Lipinski definition) is 1. The Morgan fingerprint density at radius 3 is 2.37 bits per heavy atom. The van der Waals surface area contributed by atoms with Gasteiger partial charge in [-0.3, -0.25) is 0 Å². The van der Waals surface area contributed by atoms with Crippen LogP contribution in [0.3, 0.4) is 0 Å². The zero-order chi connectivity index (χ0) is 14.5. The highest BCUT2D eigenvalue weighted by atomic mass is 16.5. The predicted molar refractivity (Wildman–Crippen MR) is 79.9 cm³/mol. The van der Waals surface area contributed by atoms with E-state index in [1.807, 2.05) is 12.1 Å². The number of nitrogens with one attached hydrogen (secondary N) is 1. The van der Waals surface area contributed by atoms with E-state index in [2.05, 4.69) is 46.0 Å². The molecule has 1 aromatic rings. The molecule has 0 saturated carbocycles. The summed E-state index contributed by atoms with van der Waals surface area (Å²) >= 11 is 0. The minimum atomic E-state index is 0.111. The van der Waals surface area contributed by atoms with E-state index in [9.17, 15) is 0 Å². The van der Waals surface area contributed by atoms with Gasteiger partial charge in [0.2, 0.25) is 0 Å². The monoisotopic (exact) mass is 265 g/mol. The lowest BCUT2D eigenvalue weighted by Crippen LogP contribution is -2.35. The van der Waals surface area contributed by atoms with E-state index in [1.165, 1.54) is 5.56 Å². The molecule has 0 saturated heterocycles.